The maximum atomic E-state index is 5.39. The molecule has 1 aromatic carbocycles. The lowest BCUT2D eigenvalue weighted by Gasteiger charge is -2.11. The van der Waals surface area contributed by atoms with Gasteiger partial charge in [-0.3, -0.25) is 0 Å². The predicted octanol–water partition coefficient (Wildman–Crippen LogP) is 3.42. The molecule has 0 saturated carbocycles. The molecule has 0 unspecified atom stereocenters. The van der Waals surface area contributed by atoms with Gasteiger partial charge >= 0.3 is 0 Å². The van der Waals surface area contributed by atoms with Crippen LogP contribution in [0.4, 0.5) is 0 Å². The van der Waals surface area contributed by atoms with Gasteiger partial charge in [0.15, 0.2) is 5.82 Å². The zero-order valence-electron chi connectivity index (χ0n) is 11.4. The first-order valence-corrected chi connectivity index (χ1v) is 7.65. The summed E-state index contributed by atoms with van der Waals surface area (Å²) in [5.41, 5.74) is 4.17. The van der Waals surface area contributed by atoms with Gasteiger partial charge in [0.05, 0.1) is 19.2 Å². The van der Waals surface area contributed by atoms with Crippen molar-refractivity contribution in [3.63, 3.8) is 0 Å². The van der Waals surface area contributed by atoms with E-state index in [-0.39, 0.29) is 0 Å². The van der Waals surface area contributed by atoms with Crippen molar-refractivity contribution in [2.24, 2.45) is 0 Å². The third kappa shape index (κ3) is 2.84. The SMILES string of the molecule is COc1ccccc1-c1n[nH]c(=S)n1NCc1cccs1. The molecule has 5 nitrogen and oxygen atoms in total. The second-order valence-corrected chi connectivity index (χ2v) is 5.72. The van der Waals surface area contributed by atoms with E-state index in [2.05, 4.69) is 21.7 Å². The number of aromatic amines is 1. The standard InChI is InChI=1S/C14H14N4OS2/c1-19-12-7-3-2-6-11(12)13-16-17-14(20)18(13)15-9-10-5-4-8-21-10/h2-8,15H,9H2,1H3,(H,17,20). The van der Waals surface area contributed by atoms with Crippen LogP contribution >= 0.6 is 23.6 Å². The number of nitrogens with zero attached hydrogens (tertiary/aromatic N) is 2. The third-order valence-electron chi connectivity index (χ3n) is 3.01. The highest BCUT2D eigenvalue weighted by molar-refractivity contribution is 7.71. The molecule has 0 fully saturated rings. The van der Waals surface area contributed by atoms with Crippen molar-refractivity contribution in [2.75, 3.05) is 12.5 Å². The number of ether oxygens (including phenoxy) is 1. The smallest absolute Gasteiger partial charge is 0.214 e. The summed E-state index contributed by atoms with van der Waals surface area (Å²) in [4.78, 5) is 1.23. The highest BCUT2D eigenvalue weighted by Crippen LogP contribution is 2.27. The summed E-state index contributed by atoms with van der Waals surface area (Å²) in [5, 5.41) is 9.17. The fraction of sp³-hybridized carbons (Fsp3) is 0.143. The molecule has 3 aromatic rings. The molecule has 0 aliphatic rings. The molecule has 0 radical (unpaired) electrons. The minimum atomic E-state index is 0.521. The maximum Gasteiger partial charge on any atom is 0.214 e. The van der Waals surface area contributed by atoms with E-state index >= 15 is 0 Å². The third-order valence-corrected chi connectivity index (χ3v) is 4.16. The Hall–Kier alpha value is -2.12. The van der Waals surface area contributed by atoms with Gasteiger partial charge in [0.2, 0.25) is 4.77 Å². The largest absolute Gasteiger partial charge is 0.496 e. The summed E-state index contributed by atoms with van der Waals surface area (Å²) in [6.07, 6.45) is 0. The second-order valence-electron chi connectivity index (χ2n) is 4.30. The molecule has 0 aliphatic heterocycles. The molecule has 108 valence electrons. The average molecular weight is 318 g/mol. The lowest BCUT2D eigenvalue weighted by molar-refractivity contribution is 0.416. The first-order chi connectivity index (χ1) is 10.3. The normalized spacial score (nSPS) is 10.5. The molecule has 7 heteroatoms. The molecule has 0 aliphatic carbocycles. The Morgan fingerprint density at radius 2 is 2.19 bits per heavy atom. The molecule has 3 rings (SSSR count). The summed E-state index contributed by atoms with van der Waals surface area (Å²) in [7, 11) is 1.64. The zero-order chi connectivity index (χ0) is 14.7. The van der Waals surface area contributed by atoms with Crippen molar-refractivity contribution in [1.82, 2.24) is 14.9 Å². The molecule has 2 N–H and O–H groups in total. The van der Waals surface area contributed by atoms with Crippen molar-refractivity contribution in [3.8, 4) is 17.1 Å². The van der Waals surface area contributed by atoms with E-state index in [1.54, 1.807) is 23.1 Å². The molecular weight excluding hydrogens is 304 g/mol. The number of benzene rings is 1. The van der Waals surface area contributed by atoms with E-state index < -0.39 is 0 Å². The van der Waals surface area contributed by atoms with E-state index in [0.717, 1.165) is 11.3 Å². The molecule has 21 heavy (non-hydrogen) atoms. The number of hydrogen-bond acceptors (Lipinski definition) is 5. The van der Waals surface area contributed by atoms with Gasteiger partial charge in [-0.2, -0.15) is 5.10 Å². The van der Waals surface area contributed by atoms with Gasteiger partial charge in [0.25, 0.3) is 0 Å². The Morgan fingerprint density at radius 3 is 2.95 bits per heavy atom. The van der Waals surface area contributed by atoms with E-state index in [1.165, 1.54) is 4.88 Å². The second kappa shape index (κ2) is 6.11. The minimum absolute atomic E-state index is 0.521. The lowest BCUT2D eigenvalue weighted by atomic mass is 10.2. The van der Waals surface area contributed by atoms with Crippen molar-refractivity contribution >= 4 is 23.6 Å². The summed E-state index contributed by atoms with van der Waals surface area (Å²) in [6, 6.07) is 11.8. The van der Waals surface area contributed by atoms with Crippen LogP contribution in [0.3, 0.4) is 0 Å². The predicted molar refractivity (Wildman–Crippen MR) is 86.8 cm³/mol. The Balaban J connectivity index is 1.95. The number of aromatic nitrogens is 3. The first kappa shape index (κ1) is 13.8. The number of nitrogens with one attached hydrogen (secondary N) is 2. The fourth-order valence-electron chi connectivity index (χ4n) is 2.02. The number of thiophene rings is 1. The number of H-pyrrole nitrogens is 1. The minimum Gasteiger partial charge on any atom is -0.496 e. The van der Waals surface area contributed by atoms with Gasteiger partial charge in [0, 0.05) is 4.88 Å². The topological polar surface area (TPSA) is 54.9 Å². The number of hydrogen-bond donors (Lipinski definition) is 2. The number of rotatable bonds is 5. The van der Waals surface area contributed by atoms with Gasteiger partial charge in [-0.15, -0.1) is 11.3 Å². The Kier molecular flexibility index (Phi) is 4.03. The van der Waals surface area contributed by atoms with Crippen LogP contribution in [0, 0.1) is 4.77 Å². The fourth-order valence-corrected chi connectivity index (χ4v) is 2.86. The molecule has 2 heterocycles. The molecular formula is C14H14N4OS2. The van der Waals surface area contributed by atoms with E-state index in [9.17, 15) is 0 Å². The van der Waals surface area contributed by atoms with Crippen LogP contribution in [0.2, 0.25) is 0 Å². The van der Waals surface area contributed by atoms with Crippen molar-refractivity contribution in [1.29, 1.82) is 0 Å². The van der Waals surface area contributed by atoms with E-state index in [1.807, 2.05) is 35.7 Å². The van der Waals surface area contributed by atoms with Crippen LogP contribution in [0.25, 0.3) is 11.4 Å². The molecule has 0 spiro atoms. The van der Waals surface area contributed by atoms with Crippen LogP contribution in [-0.4, -0.2) is 22.0 Å². The monoisotopic (exact) mass is 318 g/mol. The quantitative estimate of drug-likeness (QED) is 0.708. The van der Waals surface area contributed by atoms with E-state index in [4.69, 9.17) is 17.0 Å². The molecule has 0 atom stereocenters. The van der Waals surface area contributed by atoms with Gasteiger partial charge in [-0.05, 0) is 35.8 Å². The highest BCUT2D eigenvalue weighted by atomic mass is 32.1. The molecule has 0 amide bonds. The van der Waals surface area contributed by atoms with Gasteiger partial charge in [0.1, 0.15) is 5.75 Å². The van der Waals surface area contributed by atoms with Crippen molar-refractivity contribution in [2.45, 2.75) is 6.54 Å². The molecule has 2 aromatic heterocycles. The van der Waals surface area contributed by atoms with Crippen LogP contribution in [-0.2, 0) is 6.54 Å². The van der Waals surface area contributed by atoms with Crippen molar-refractivity contribution < 1.29 is 4.74 Å². The highest BCUT2D eigenvalue weighted by Gasteiger charge is 2.13. The summed E-state index contributed by atoms with van der Waals surface area (Å²) < 4.78 is 7.68. The van der Waals surface area contributed by atoms with Gasteiger partial charge < -0.3 is 10.2 Å². The Labute approximate surface area is 131 Å². The Morgan fingerprint density at radius 1 is 1.33 bits per heavy atom. The lowest BCUT2D eigenvalue weighted by Crippen LogP contribution is -2.15. The molecule has 0 bridgehead atoms. The van der Waals surface area contributed by atoms with Crippen molar-refractivity contribution in [3.05, 3.63) is 51.4 Å². The van der Waals surface area contributed by atoms with Crippen LogP contribution < -0.4 is 10.2 Å². The van der Waals surface area contributed by atoms with Crippen LogP contribution in [0.15, 0.2) is 41.8 Å². The molecule has 0 saturated heterocycles. The summed E-state index contributed by atoms with van der Waals surface area (Å²) in [5.74, 6) is 1.46. The van der Waals surface area contributed by atoms with Crippen LogP contribution in [0.1, 0.15) is 4.88 Å². The number of para-hydroxylation sites is 1. The van der Waals surface area contributed by atoms with Crippen LogP contribution in [0.5, 0.6) is 5.75 Å². The maximum absolute atomic E-state index is 5.39. The van der Waals surface area contributed by atoms with Gasteiger partial charge in [-0.1, -0.05) is 18.2 Å². The first-order valence-electron chi connectivity index (χ1n) is 6.36. The summed E-state index contributed by atoms with van der Waals surface area (Å²) >= 11 is 6.99. The van der Waals surface area contributed by atoms with Gasteiger partial charge in [-0.25, -0.2) is 9.77 Å². The summed E-state index contributed by atoms with van der Waals surface area (Å²) in [6.45, 7) is 0.688. The zero-order valence-corrected chi connectivity index (χ0v) is 13.0. The average Bonchev–Trinajstić information content (AvgIpc) is 3.15. The number of methoxy groups -OCH3 is 1. The Bertz CT molecular complexity index is 776. The van der Waals surface area contributed by atoms with E-state index in [0.29, 0.717) is 17.1 Å².